The number of amides is 1. The van der Waals surface area contributed by atoms with Gasteiger partial charge in [0.2, 0.25) is 11.0 Å². The molecule has 0 spiro atoms. The molecule has 1 N–H and O–H groups in total. The molecule has 11 heteroatoms. The van der Waals surface area contributed by atoms with E-state index < -0.39 is 22.5 Å². The first-order chi connectivity index (χ1) is 15.2. The molecule has 7 nitrogen and oxygen atoms in total. The number of hydrogen-bond acceptors (Lipinski definition) is 7. The first-order valence-corrected chi connectivity index (χ1v) is 13.4. The predicted octanol–water partition coefficient (Wildman–Crippen LogP) is 5.14. The van der Waals surface area contributed by atoms with E-state index in [1.807, 2.05) is 19.9 Å². The second kappa shape index (κ2) is 10.7. The molecule has 1 amide bonds. The smallest absolute Gasteiger partial charge is 0.264 e. The summed E-state index contributed by atoms with van der Waals surface area (Å²) in [7, 11) is -4.02. The van der Waals surface area contributed by atoms with E-state index in [0.717, 1.165) is 31.9 Å². The molecule has 0 saturated heterocycles. The van der Waals surface area contributed by atoms with Gasteiger partial charge in [0.25, 0.3) is 10.0 Å². The summed E-state index contributed by atoms with van der Waals surface area (Å²) in [6.07, 6.45) is 0.999. The number of rotatable bonds is 9. The Bertz CT molecular complexity index is 1200. The summed E-state index contributed by atoms with van der Waals surface area (Å²) in [6, 6.07) is 11.1. The minimum absolute atomic E-state index is 0.0436. The van der Waals surface area contributed by atoms with Crippen molar-refractivity contribution in [3.63, 3.8) is 0 Å². The number of nitrogens with zero attached hydrogens (tertiary/aromatic N) is 3. The Morgan fingerprint density at radius 1 is 1.12 bits per heavy atom. The molecule has 1 aromatic heterocycles. The number of benzene rings is 2. The van der Waals surface area contributed by atoms with Gasteiger partial charge in [-0.15, -0.1) is 10.2 Å². The minimum atomic E-state index is -4.02. The Morgan fingerprint density at radius 2 is 1.84 bits per heavy atom. The van der Waals surface area contributed by atoms with Gasteiger partial charge in [-0.1, -0.05) is 47.7 Å². The van der Waals surface area contributed by atoms with E-state index in [1.54, 1.807) is 23.9 Å². The van der Waals surface area contributed by atoms with E-state index >= 15 is 0 Å². The third-order valence-corrected chi connectivity index (χ3v) is 8.77. The van der Waals surface area contributed by atoms with Crippen molar-refractivity contribution in [1.82, 2.24) is 10.2 Å². The van der Waals surface area contributed by atoms with E-state index in [1.165, 1.54) is 35.6 Å². The van der Waals surface area contributed by atoms with Crippen molar-refractivity contribution in [2.75, 3.05) is 21.9 Å². The monoisotopic (exact) mass is 510 g/mol. The highest BCUT2D eigenvalue weighted by molar-refractivity contribution is 8.01. The molecule has 2 aromatic carbocycles. The summed E-state index contributed by atoms with van der Waals surface area (Å²) in [6.45, 7) is 5.49. The fraction of sp³-hybridized carbons (Fsp3) is 0.286. The maximum Gasteiger partial charge on any atom is 0.264 e. The van der Waals surface area contributed by atoms with Gasteiger partial charge in [-0.05, 0) is 67.8 Å². The SMILES string of the molecule is CCCSc1nnc(NC(=O)CN(c2ccc(C)c(C)c2)S(=O)(=O)c2ccc(Cl)cc2)s1. The zero-order chi connectivity index (χ0) is 23.3. The van der Waals surface area contributed by atoms with Crippen molar-refractivity contribution in [3.8, 4) is 0 Å². The lowest BCUT2D eigenvalue weighted by atomic mass is 10.1. The molecule has 3 rings (SSSR count). The zero-order valence-electron chi connectivity index (χ0n) is 17.8. The summed E-state index contributed by atoms with van der Waals surface area (Å²) in [5, 5.41) is 11.4. The number of nitrogens with one attached hydrogen (secondary N) is 1. The van der Waals surface area contributed by atoms with E-state index in [-0.39, 0.29) is 4.90 Å². The largest absolute Gasteiger partial charge is 0.299 e. The molecule has 0 bridgehead atoms. The Labute approximate surface area is 201 Å². The molecule has 0 aliphatic rings. The Morgan fingerprint density at radius 3 is 2.50 bits per heavy atom. The van der Waals surface area contributed by atoms with Crippen LogP contribution in [0.15, 0.2) is 51.7 Å². The fourth-order valence-corrected chi connectivity index (χ4v) is 5.96. The third kappa shape index (κ3) is 6.00. The number of aryl methyl sites for hydroxylation is 2. The maximum atomic E-state index is 13.4. The number of carbonyl (C=O) groups excluding carboxylic acids is 1. The van der Waals surface area contributed by atoms with Crippen LogP contribution in [0.5, 0.6) is 0 Å². The lowest BCUT2D eigenvalue weighted by molar-refractivity contribution is -0.114. The average Bonchev–Trinajstić information content (AvgIpc) is 3.20. The van der Waals surface area contributed by atoms with E-state index in [2.05, 4.69) is 22.4 Å². The summed E-state index contributed by atoms with van der Waals surface area (Å²) in [4.78, 5) is 12.8. The lowest BCUT2D eigenvalue weighted by Crippen LogP contribution is -2.38. The molecule has 1 heterocycles. The van der Waals surface area contributed by atoms with Crippen LogP contribution >= 0.6 is 34.7 Å². The number of thioether (sulfide) groups is 1. The Balaban J connectivity index is 1.88. The molecular formula is C21H23ClN4O3S3. The third-order valence-electron chi connectivity index (χ3n) is 4.55. The van der Waals surface area contributed by atoms with Crippen molar-refractivity contribution in [1.29, 1.82) is 0 Å². The van der Waals surface area contributed by atoms with Crippen LogP contribution in [0, 0.1) is 13.8 Å². The van der Waals surface area contributed by atoms with E-state index in [0.29, 0.717) is 15.8 Å². The zero-order valence-corrected chi connectivity index (χ0v) is 21.0. The number of anilines is 2. The van der Waals surface area contributed by atoms with Gasteiger partial charge in [-0.25, -0.2) is 8.42 Å². The molecule has 0 atom stereocenters. The van der Waals surface area contributed by atoms with E-state index in [4.69, 9.17) is 11.6 Å². The molecule has 3 aromatic rings. The molecule has 0 radical (unpaired) electrons. The normalized spacial score (nSPS) is 11.4. The van der Waals surface area contributed by atoms with Crippen molar-refractivity contribution in [2.45, 2.75) is 36.4 Å². The quantitative estimate of drug-likeness (QED) is 0.316. The summed E-state index contributed by atoms with van der Waals surface area (Å²) < 4.78 is 28.7. The minimum Gasteiger partial charge on any atom is -0.299 e. The van der Waals surface area contributed by atoms with Crippen LogP contribution in [0.3, 0.4) is 0 Å². The predicted molar refractivity (Wildman–Crippen MR) is 131 cm³/mol. The second-order valence-electron chi connectivity index (χ2n) is 7.00. The van der Waals surface area contributed by atoms with Crippen molar-refractivity contribution >= 4 is 61.4 Å². The van der Waals surface area contributed by atoms with Gasteiger partial charge in [0.05, 0.1) is 10.6 Å². The second-order valence-corrected chi connectivity index (χ2v) is 11.6. The highest BCUT2D eigenvalue weighted by atomic mass is 35.5. The average molecular weight is 511 g/mol. The van der Waals surface area contributed by atoms with Crippen molar-refractivity contribution in [3.05, 3.63) is 58.6 Å². The van der Waals surface area contributed by atoms with Crippen molar-refractivity contribution < 1.29 is 13.2 Å². The fourth-order valence-electron chi connectivity index (χ4n) is 2.73. The first kappa shape index (κ1) is 24.5. The molecule has 0 fully saturated rings. The molecular weight excluding hydrogens is 488 g/mol. The van der Waals surface area contributed by atoms with Crippen LogP contribution in [-0.2, 0) is 14.8 Å². The standard InChI is InChI=1S/C21H23ClN4O3S3/c1-4-11-30-21-25-24-20(31-21)23-19(27)13-26(17-8-5-14(2)15(3)12-17)32(28,29)18-9-6-16(22)7-10-18/h5-10,12H,4,11,13H2,1-3H3,(H,23,24,27). The number of aromatic nitrogens is 2. The molecule has 0 aliphatic carbocycles. The summed E-state index contributed by atoms with van der Waals surface area (Å²) in [5.41, 5.74) is 2.34. The topological polar surface area (TPSA) is 92.3 Å². The van der Waals surface area contributed by atoms with Gasteiger partial charge >= 0.3 is 0 Å². The van der Waals surface area contributed by atoms with Crippen LogP contribution < -0.4 is 9.62 Å². The lowest BCUT2D eigenvalue weighted by Gasteiger charge is -2.24. The van der Waals surface area contributed by atoms with Gasteiger partial charge in [-0.2, -0.15) is 0 Å². The van der Waals surface area contributed by atoms with Crippen LogP contribution in [0.2, 0.25) is 5.02 Å². The molecule has 32 heavy (non-hydrogen) atoms. The van der Waals surface area contributed by atoms with Gasteiger partial charge in [-0.3, -0.25) is 14.4 Å². The van der Waals surface area contributed by atoms with Crippen molar-refractivity contribution in [2.24, 2.45) is 0 Å². The highest BCUT2D eigenvalue weighted by Crippen LogP contribution is 2.28. The van der Waals surface area contributed by atoms with Crippen LogP contribution in [0.4, 0.5) is 10.8 Å². The number of hydrogen-bond donors (Lipinski definition) is 1. The Kier molecular flexibility index (Phi) is 8.16. The van der Waals surface area contributed by atoms with Gasteiger partial charge < -0.3 is 0 Å². The van der Waals surface area contributed by atoms with Gasteiger partial charge in [0.15, 0.2) is 4.34 Å². The Hall–Kier alpha value is -2.14. The summed E-state index contributed by atoms with van der Waals surface area (Å²) in [5.74, 6) is 0.395. The van der Waals surface area contributed by atoms with Gasteiger partial charge in [0, 0.05) is 10.8 Å². The maximum absolute atomic E-state index is 13.4. The summed E-state index contributed by atoms with van der Waals surface area (Å²) >= 11 is 8.74. The molecule has 0 unspecified atom stereocenters. The van der Waals surface area contributed by atoms with Gasteiger partial charge in [0.1, 0.15) is 6.54 Å². The molecule has 0 aliphatic heterocycles. The van der Waals surface area contributed by atoms with Crippen LogP contribution in [0.1, 0.15) is 24.5 Å². The number of carbonyl (C=O) groups is 1. The first-order valence-electron chi connectivity index (χ1n) is 9.82. The number of halogens is 1. The molecule has 170 valence electrons. The van der Waals surface area contributed by atoms with Crippen LogP contribution in [-0.4, -0.2) is 36.8 Å². The van der Waals surface area contributed by atoms with E-state index in [9.17, 15) is 13.2 Å². The number of sulfonamides is 1. The highest BCUT2D eigenvalue weighted by Gasteiger charge is 2.28. The molecule has 0 saturated carbocycles. The van der Waals surface area contributed by atoms with Crippen LogP contribution in [0.25, 0.3) is 0 Å².